The van der Waals surface area contributed by atoms with Crippen LogP contribution in [0.25, 0.3) is 0 Å². The Morgan fingerprint density at radius 1 is 1.62 bits per heavy atom. The second-order valence-electron chi connectivity index (χ2n) is 3.18. The van der Waals surface area contributed by atoms with Gasteiger partial charge < -0.3 is 16.0 Å². The van der Waals surface area contributed by atoms with E-state index in [9.17, 15) is 9.59 Å². The highest BCUT2D eigenvalue weighted by Crippen LogP contribution is 1.96. The summed E-state index contributed by atoms with van der Waals surface area (Å²) in [7, 11) is 3.90. The largest absolute Gasteiger partial charge is 0.368 e. The monoisotopic (exact) mass is 187 g/mol. The van der Waals surface area contributed by atoms with Crippen molar-refractivity contribution in [3.63, 3.8) is 0 Å². The summed E-state index contributed by atoms with van der Waals surface area (Å²) in [6.07, 6.45) is 1.93. The normalized spacial score (nSPS) is 12.5. The number of nitrogens with one attached hydrogen (secondary N) is 1. The molecule has 0 saturated heterocycles. The minimum absolute atomic E-state index is 0.481. The molecular weight excluding hydrogens is 170 g/mol. The predicted octanol–water partition coefficient (Wildman–Crippen LogP) is -1.07. The predicted molar refractivity (Wildman–Crippen MR) is 50.0 cm³/mol. The zero-order valence-electron chi connectivity index (χ0n) is 8.12. The smallest absolute Gasteiger partial charge is 0.239 e. The fraction of sp³-hybridized carbons (Fsp3) is 0.750. The van der Waals surface area contributed by atoms with Crippen molar-refractivity contribution >= 4 is 12.3 Å². The number of carbonyl (C=O) groups excluding carboxylic acids is 2. The number of nitrogens with zero attached hydrogens (tertiary/aromatic N) is 1. The van der Waals surface area contributed by atoms with E-state index in [1.165, 1.54) is 0 Å². The Labute approximate surface area is 78.3 Å². The van der Waals surface area contributed by atoms with E-state index < -0.39 is 11.9 Å². The molecule has 0 aliphatic heterocycles. The molecule has 0 heterocycles. The van der Waals surface area contributed by atoms with Crippen LogP contribution in [0.2, 0.25) is 0 Å². The molecule has 0 radical (unpaired) electrons. The summed E-state index contributed by atoms with van der Waals surface area (Å²) >= 11 is 0. The van der Waals surface area contributed by atoms with Gasteiger partial charge in [0.15, 0.2) is 0 Å². The summed E-state index contributed by atoms with van der Waals surface area (Å²) in [5, 5.41) is 2.38. The van der Waals surface area contributed by atoms with Gasteiger partial charge in [-0.2, -0.15) is 0 Å². The molecule has 5 heteroatoms. The summed E-state index contributed by atoms with van der Waals surface area (Å²) in [4.78, 5) is 22.9. The maximum absolute atomic E-state index is 10.8. The Bertz CT molecular complexity index is 171. The molecule has 0 rings (SSSR count). The SMILES string of the molecule is CN(C)CCCC(NC=O)C(N)=O. The van der Waals surface area contributed by atoms with Gasteiger partial charge in [-0.3, -0.25) is 9.59 Å². The van der Waals surface area contributed by atoms with Crippen LogP contribution in [-0.2, 0) is 9.59 Å². The van der Waals surface area contributed by atoms with Gasteiger partial charge in [-0.05, 0) is 33.5 Å². The molecule has 0 aromatic rings. The van der Waals surface area contributed by atoms with Crippen molar-refractivity contribution < 1.29 is 9.59 Å². The summed E-state index contributed by atoms with van der Waals surface area (Å²) in [6.45, 7) is 0.879. The molecular formula is C8H17N3O2. The van der Waals surface area contributed by atoms with Gasteiger partial charge in [-0.25, -0.2) is 0 Å². The van der Waals surface area contributed by atoms with Gasteiger partial charge in [-0.15, -0.1) is 0 Å². The Kier molecular flexibility index (Phi) is 5.88. The Balaban J connectivity index is 3.69. The van der Waals surface area contributed by atoms with Crippen molar-refractivity contribution in [2.24, 2.45) is 5.73 Å². The van der Waals surface area contributed by atoms with Gasteiger partial charge >= 0.3 is 0 Å². The topological polar surface area (TPSA) is 75.4 Å². The van der Waals surface area contributed by atoms with E-state index >= 15 is 0 Å². The highest BCUT2D eigenvalue weighted by Gasteiger charge is 2.12. The zero-order chi connectivity index (χ0) is 10.3. The summed E-state index contributed by atoms with van der Waals surface area (Å²) < 4.78 is 0. The zero-order valence-corrected chi connectivity index (χ0v) is 8.12. The van der Waals surface area contributed by atoms with Gasteiger partial charge in [0, 0.05) is 0 Å². The van der Waals surface area contributed by atoms with Crippen LogP contribution in [0.15, 0.2) is 0 Å². The van der Waals surface area contributed by atoms with Crippen molar-refractivity contribution in [2.45, 2.75) is 18.9 Å². The van der Waals surface area contributed by atoms with Crippen molar-refractivity contribution in [3.8, 4) is 0 Å². The number of hydrogen-bond donors (Lipinski definition) is 2. The van der Waals surface area contributed by atoms with Gasteiger partial charge in [0.25, 0.3) is 0 Å². The molecule has 2 amide bonds. The van der Waals surface area contributed by atoms with Gasteiger partial charge in [0.1, 0.15) is 6.04 Å². The maximum Gasteiger partial charge on any atom is 0.239 e. The molecule has 0 bridgehead atoms. The average molecular weight is 187 g/mol. The molecule has 0 spiro atoms. The number of carbonyl (C=O) groups is 2. The van der Waals surface area contributed by atoms with E-state index in [0.29, 0.717) is 12.8 Å². The van der Waals surface area contributed by atoms with Crippen molar-refractivity contribution in [2.75, 3.05) is 20.6 Å². The second-order valence-corrected chi connectivity index (χ2v) is 3.18. The summed E-state index contributed by atoms with van der Waals surface area (Å²) in [5.41, 5.74) is 5.07. The Morgan fingerprint density at radius 3 is 2.62 bits per heavy atom. The molecule has 76 valence electrons. The molecule has 5 nitrogen and oxygen atoms in total. The lowest BCUT2D eigenvalue weighted by molar-refractivity contribution is -0.122. The van der Waals surface area contributed by atoms with E-state index in [1.54, 1.807) is 0 Å². The van der Waals surface area contributed by atoms with E-state index in [-0.39, 0.29) is 0 Å². The minimum Gasteiger partial charge on any atom is -0.368 e. The molecule has 1 atom stereocenters. The number of nitrogens with two attached hydrogens (primary N) is 1. The number of rotatable bonds is 7. The molecule has 0 fully saturated rings. The first kappa shape index (κ1) is 11.9. The van der Waals surface area contributed by atoms with Crippen molar-refractivity contribution in [1.82, 2.24) is 10.2 Å². The molecule has 13 heavy (non-hydrogen) atoms. The van der Waals surface area contributed by atoms with Crippen LogP contribution in [0.5, 0.6) is 0 Å². The second kappa shape index (κ2) is 6.42. The Morgan fingerprint density at radius 2 is 2.23 bits per heavy atom. The highest BCUT2D eigenvalue weighted by atomic mass is 16.2. The summed E-state index contributed by atoms with van der Waals surface area (Å²) in [6, 6.07) is -0.530. The first-order chi connectivity index (χ1) is 6.07. The van der Waals surface area contributed by atoms with Gasteiger partial charge in [-0.1, -0.05) is 0 Å². The van der Waals surface area contributed by atoms with Crippen molar-refractivity contribution in [3.05, 3.63) is 0 Å². The van der Waals surface area contributed by atoms with Crippen LogP contribution < -0.4 is 11.1 Å². The lowest BCUT2D eigenvalue weighted by atomic mass is 10.1. The van der Waals surface area contributed by atoms with E-state index in [4.69, 9.17) is 5.73 Å². The number of hydrogen-bond acceptors (Lipinski definition) is 3. The minimum atomic E-state index is -0.530. The van der Waals surface area contributed by atoms with Gasteiger partial charge in [0.05, 0.1) is 0 Å². The third kappa shape index (κ3) is 6.10. The van der Waals surface area contributed by atoms with Crippen LogP contribution >= 0.6 is 0 Å². The standard InChI is InChI=1S/C8H17N3O2/c1-11(2)5-3-4-7(8(9)13)10-6-12/h6-7H,3-5H2,1-2H3,(H2,9,13)(H,10,12). The average Bonchev–Trinajstić information content (AvgIpc) is 2.02. The number of primary amides is 1. The van der Waals surface area contributed by atoms with E-state index in [2.05, 4.69) is 5.32 Å². The lowest BCUT2D eigenvalue weighted by Crippen LogP contribution is -2.40. The fourth-order valence-corrected chi connectivity index (χ4v) is 1.00. The molecule has 0 aliphatic carbocycles. The molecule has 3 N–H and O–H groups in total. The third-order valence-electron chi connectivity index (χ3n) is 1.71. The van der Waals surface area contributed by atoms with Crippen LogP contribution in [0.1, 0.15) is 12.8 Å². The summed E-state index contributed by atoms with van der Waals surface area (Å²) in [5.74, 6) is -0.481. The molecule has 0 saturated carbocycles. The van der Waals surface area contributed by atoms with Crippen LogP contribution in [0, 0.1) is 0 Å². The third-order valence-corrected chi connectivity index (χ3v) is 1.71. The Hall–Kier alpha value is -1.10. The van der Waals surface area contributed by atoms with Crippen LogP contribution in [0.4, 0.5) is 0 Å². The molecule has 0 aromatic heterocycles. The quantitative estimate of drug-likeness (QED) is 0.498. The first-order valence-electron chi connectivity index (χ1n) is 4.21. The lowest BCUT2D eigenvalue weighted by Gasteiger charge is -2.13. The van der Waals surface area contributed by atoms with Crippen LogP contribution in [-0.4, -0.2) is 43.9 Å². The van der Waals surface area contributed by atoms with E-state index in [0.717, 1.165) is 13.0 Å². The van der Waals surface area contributed by atoms with Crippen molar-refractivity contribution in [1.29, 1.82) is 0 Å². The first-order valence-corrected chi connectivity index (χ1v) is 4.21. The number of amides is 2. The fourth-order valence-electron chi connectivity index (χ4n) is 1.00. The molecule has 1 unspecified atom stereocenters. The van der Waals surface area contributed by atoms with E-state index in [1.807, 2.05) is 19.0 Å². The molecule has 0 aromatic carbocycles. The molecule has 0 aliphatic rings. The highest BCUT2D eigenvalue weighted by molar-refractivity contribution is 5.81. The maximum atomic E-state index is 10.8. The van der Waals surface area contributed by atoms with Gasteiger partial charge in [0.2, 0.25) is 12.3 Å². The van der Waals surface area contributed by atoms with Crippen LogP contribution in [0.3, 0.4) is 0 Å².